The SMILES string of the molecule is O=C([O-])Cc1csc2ccccc12.[Na+]. The quantitative estimate of drug-likeness (QED) is 0.553. The van der Waals surface area contributed by atoms with Crippen LogP contribution < -0.4 is 34.7 Å². The average Bonchev–Trinajstić information content (AvgIpc) is 2.48. The number of rotatable bonds is 2. The van der Waals surface area contributed by atoms with Crippen molar-refractivity contribution in [2.24, 2.45) is 0 Å². The second-order valence-electron chi connectivity index (χ2n) is 2.81. The predicted molar refractivity (Wildman–Crippen MR) is 50.5 cm³/mol. The van der Waals surface area contributed by atoms with Gasteiger partial charge >= 0.3 is 29.6 Å². The Morgan fingerprint density at radius 3 is 2.79 bits per heavy atom. The molecule has 4 heteroatoms. The molecular weight excluding hydrogens is 207 g/mol. The summed E-state index contributed by atoms with van der Waals surface area (Å²) in [4.78, 5) is 10.4. The van der Waals surface area contributed by atoms with Crippen molar-refractivity contribution in [1.29, 1.82) is 0 Å². The van der Waals surface area contributed by atoms with Crippen molar-refractivity contribution in [2.45, 2.75) is 6.42 Å². The van der Waals surface area contributed by atoms with Gasteiger partial charge < -0.3 is 9.90 Å². The number of carbonyl (C=O) groups is 1. The van der Waals surface area contributed by atoms with Gasteiger partial charge in [-0.05, 0) is 22.4 Å². The Labute approximate surface area is 108 Å². The van der Waals surface area contributed by atoms with Crippen molar-refractivity contribution in [2.75, 3.05) is 0 Å². The van der Waals surface area contributed by atoms with Gasteiger partial charge in [0.05, 0.1) is 0 Å². The van der Waals surface area contributed by atoms with Gasteiger partial charge in [-0.25, -0.2) is 0 Å². The number of benzene rings is 1. The van der Waals surface area contributed by atoms with Crippen LogP contribution in [0, 0.1) is 0 Å². The number of hydrogen-bond donors (Lipinski definition) is 0. The molecule has 0 saturated heterocycles. The van der Waals surface area contributed by atoms with Crippen molar-refractivity contribution >= 4 is 27.4 Å². The molecule has 0 radical (unpaired) electrons. The molecule has 2 rings (SSSR count). The first kappa shape index (κ1) is 11.7. The fourth-order valence-corrected chi connectivity index (χ4v) is 2.29. The van der Waals surface area contributed by atoms with Gasteiger partial charge in [-0.1, -0.05) is 18.2 Å². The summed E-state index contributed by atoms with van der Waals surface area (Å²) in [6, 6.07) is 7.78. The topological polar surface area (TPSA) is 40.1 Å². The predicted octanol–water partition coefficient (Wildman–Crippen LogP) is -1.80. The molecule has 0 unspecified atom stereocenters. The second kappa shape index (κ2) is 4.94. The molecule has 14 heavy (non-hydrogen) atoms. The van der Waals surface area contributed by atoms with Crippen LogP contribution in [0.5, 0.6) is 0 Å². The number of carboxylic acid groups (broad SMARTS) is 1. The van der Waals surface area contributed by atoms with Gasteiger partial charge in [0.1, 0.15) is 0 Å². The minimum atomic E-state index is -1.02. The first-order chi connectivity index (χ1) is 6.27. The first-order valence-electron chi connectivity index (χ1n) is 3.92. The molecular formula is C10H7NaO2S. The van der Waals surface area contributed by atoms with Crippen LogP contribution in [-0.4, -0.2) is 5.97 Å². The number of thiophene rings is 1. The van der Waals surface area contributed by atoms with Gasteiger partial charge in [0.25, 0.3) is 0 Å². The van der Waals surface area contributed by atoms with Gasteiger partial charge in [-0.3, -0.25) is 0 Å². The molecule has 0 aliphatic rings. The molecule has 1 heterocycles. The van der Waals surface area contributed by atoms with Crippen LogP contribution in [0.3, 0.4) is 0 Å². The van der Waals surface area contributed by atoms with E-state index in [0.717, 1.165) is 15.6 Å². The van der Waals surface area contributed by atoms with E-state index in [2.05, 4.69) is 0 Å². The van der Waals surface area contributed by atoms with Crippen LogP contribution >= 0.6 is 11.3 Å². The summed E-state index contributed by atoms with van der Waals surface area (Å²) in [6.45, 7) is 0. The molecule has 0 bridgehead atoms. The Bertz CT molecular complexity index is 450. The molecule has 0 saturated carbocycles. The summed E-state index contributed by atoms with van der Waals surface area (Å²) in [7, 11) is 0. The van der Waals surface area contributed by atoms with E-state index in [4.69, 9.17) is 0 Å². The standard InChI is InChI=1S/C10H8O2S.Na/c11-10(12)5-7-6-13-9-4-2-1-3-8(7)9;/h1-4,6H,5H2,(H,11,12);/q;+1/p-1. The summed E-state index contributed by atoms with van der Waals surface area (Å²) in [5.74, 6) is -1.02. The molecule has 0 aliphatic heterocycles. The zero-order chi connectivity index (χ0) is 9.26. The minimum Gasteiger partial charge on any atom is -0.550 e. The van der Waals surface area contributed by atoms with Crippen molar-refractivity contribution < 1.29 is 39.5 Å². The smallest absolute Gasteiger partial charge is 0.550 e. The van der Waals surface area contributed by atoms with Crippen molar-refractivity contribution in [3.63, 3.8) is 0 Å². The van der Waals surface area contributed by atoms with Crippen LogP contribution in [-0.2, 0) is 11.2 Å². The van der Waals surface area contributed by atoms with E-state index in [9.17, 15) is 9.90 Å². The van der Waals surface area contributed by atoms with Crippen LogP contribution in [0.25, 0.3) is 10.1 Å². The van der Waals surface area contributed by atoms with E-state index in [1.165, 1.54) is 0 Å². The molecule has 0 spiro atoms. The number of fused-ring (bicyclic) bond motifs is 1. The molecule has 2 nitrogen and oxygen atoms in total. The fraction of sp³-hybridized carbons (Fsp3) is 0.100. The summed E-state index contributed by atoms with van der Waals surface area (Å²) < 4.78 is 1.12. The van der Waals surface area contributed by atoms with Crippen LogP contribution in [0.4, 0.5) is 0 Å². The van der Waals surface area contributed by atoms with Gasteiger partial charge in [0.15, 0.2) is 0 Å². The fourth-order valence-electron chi connectivity index (χ4n) is 1.33. The molecule has 0 fully saturated rings. The van der Waals surface area contributed by atoms with Crippen molar-refractivity contribution in [1.82, 2.24) is 0 Å². The minimum absolute atomic E-state index is 0. The third kappa shape index (κ3) is 2.36. The maximum atomic E-state index is 10.4. The van der Waals surface area contributed by atoms with Crippen LogP contribution in [0.1, 0.15) is 5.56 Å². The number of carboxylic acids is 1. The molecule has 1 aromatic heterocycles. The summed E-state index contributed by atoms with van der Waals surface area (Å²) >= 11 is 1.56. The summed E-state index contributed by atoms with van der Waals surface area (Å²) in [5.41, 5.74) is 0.848. The third-order valence-corrected chi connectivity index (χ3v) is 2.91. The Kier molecular flexibility index (Phi) is 4.13. The van der Waals surface area contributed by atoms with E-state index in [1.54, 1.807) is 11.3 Å². The maximum absolute atomic E-state index is 10.4. The number of aliphatic carboxylic acids is 1. The Hall–Kier alpha value is -0.350. The van der Waals surface area contributed by atoms with E-state index in [-0.39, 0.29) is 36.0 Å². The van der Waals surface area contributed by atoms with Gasteiger partial charge in [0, 0.05) is 17.1 Å². The van der Waals surface area contributed by atoms with E-state index < -0.39 is 5.97 Å². The molecule has 66 valence electrons. The normalized spacial score (nSPS) is 9.71. The van der Waals surface area contributed by atoms with Crippen LogP contribution in [0.15, 0.2) is 29.6 Å². The zero-order valence-corrected chi connectivity index (χ0v) is 10.6. The Morgan fingerprint density at radius 2 is 2.07 bits per heavy atom. The maximum Gasteiger partial charge on any atom is 1.00 e. The van der Waals surface area contributed by atoms with Crippen LogP contribution in [0.2, 0.25) is 0 Å². The molecule has 2 aromatic rings. The average molecular weight is 214 g/mol. The van der Waals surface area contributed by atoms with Gasteiger partial charge in [-0.15, -0.1) is 11.3 Å². The number of hydrogen-bond acceptors (Lipinski definition) is 3. The summed E-state index contributed by atoms with van der Waals surface area (Å²) in [6.07, 6.45) is 0.00398. The number of carbonyl (C=O) groups excluding carboxylic acids is 1. The third-order valence-electron chi connectivity index (χ3n) is 1.90. The molecule has 1 aromatic carbocycles. The molecule has 0 aliphatic carbocycles. The van der Waals surface area contributed by atoms with E-state index in [1.807, 2.05) is 29.6 Å². The largest absolute Gasteiger partial charge is 1.00 e. The first-order valence-corrected chi connectivity index (χ1v) is 4.80. The van der Waals surface area contributed by atoms with Gasteiger partial charge in [-0.2, -0.15) is 0 Å². The molecule has 0 N–H and O–H groups in total. The Balaban J connectivity index is 0.000000980. The molecule has 0 atom stereocenters. The Morgan fingerprint density at radius 1 is 1.36 bits per heavy atom. The summed E-state index contributed by atoms with van der Waals surface area (Å²) in [5, 5.41) is 13.3. The monoisotopic (exact) mass is 214 g/mol. The van der Waals surface area contributed by atoms with E-state index >= 15 is 0 Å². The molecule has 0 amide bonds. The second-order valence-corrected chi connectivity index (χ2v) is 3.72. The van der Waals surface area contributed by atoms with Crippen molar-refractivity contribution in [3.05, 3.63) is 35.2 Å². The van der Waals surface area contributed by atoms with Crippen molar-refractivity contribution in [3.8, 4) is 0 Å². The van der Waals surface area contributed by atoms with E-state index in [0.29, 0.717) is 0 Å². The zero-order valence-electron chi connectivity index (χ0n) is 7.82. The van der Waals surface area contributed by atoms with Gasteiger partial charge in [0.2, 0.25) is 0 Å².